The normalized spacial score (nSPS) is 14.2. The third-order valence-corrected chi connectivity index (χ3v) is 4.46. The maximum absolute atomic E-state index is 4.72. The van der Waals surface area contributed by atoms with Gasteiger partial charge < -0.3 is 10.6 Å². The predicted octanol–water partition coefficient (Wildman–Crippen LogP) is 3.47. The highest BCUT2D eigenvalue weighted by Gasteiger charge is 2.28. The van der Waals surface area contributed by atoms with Gasteiger partial charge in [0, 0.05) is 29.1 Å². The number of nitrogens with zero attached hydrogens (tertiary/aromatic N) is 3. The summed E-state index contributed by atoms with van der Waals surface area (Å²) in [6.07, 6.45) is 4.35. The summed E-state index contributed by atoms with van der Waals surface area (Å²) >= 11 is 1.72. The third kappa shape index (κ3) is 3.32. The van der Waals surface area contributed by atoms with E-state index in [-0.39, 0.29) is 0 Å². The number of hydrogen-bond donors (Lipinski definition) is 2. The van der Waals surface area contributed by atoms with Gasteiger partial charge in [-0.05, 0) is 33.6 Å². The number of hydrogen-bond acceptors (Lipinski definition) is 6. The molecule has 0 saturated heterocycles. The van der Waals surface area contributed by atoms with E-state index < -0.39 is 0 Å². The van der Waals surface area contributed by atoms with Crippen LogP contribution in [-0.2, 0) is 6.54 Å². The molecule has 2 aromatic rings. The van der Waals surface area contributed by atoms with E-state index in [1.807, 2.05) is 13.1 Å². The highest BCUT2D eigenvalue weighted by molar-refractivity contribution is 7.11. The van der Waals surface area contributed by atoms with Gasteiger partial charge in [-0.3, -0.25) is 0 Å². The van der Waals surface area contributed by atoms with E-state index in [9.17, 15) is 0 Å². The van der Waals surface area contributed by atoms with E-state index in [1.165, 1.54) is 17.7 Å². The van der Waals surface area contributed by atoms with Crippen molar-refractivity contribution in [1.29, 1.82) is 0 Å². The van der Waals surface area contributed by atoms with Gasteiger partial charge in [-0.1, -0.05) is 0 Å². The largest absolute Gasteiger partial charge is 0.370 e. The van der Waals surface area contributed by atoms with Gasteiger partial charge in [0.15, 0.2) is 0 Å². The van der Waals surface area contributed by atoms with Crippen LogP contribution < -0.4 is 10.6 Å². The van der Waals surface area contributed by atoms with Gasteiger partial charge in [-0.2, -0.15) is 0 Å². The van der Waals surface area contributed by atoms with Crippen LogP contribution in [0.25, 0.3) is 0 Å². The molecule has 0 bridgehead atoms. The number of anilines is 2. The zero-order chi connectivity index (χ0) is 14.8. The Bertz CT molecular complexity index is 633. The molecule has 1 saturated carbocycles. The van der Waals surface area contributed by atoms with Crippen LogP contribution in [0.15, 0.2) is 6.20 Å². The van der Waals surface area contributed by atoms with Crippen LogP contribution in [0.5, 0.6) is 0 Å². The molecule has 112 valence electrons. The second-order valence-electron chi connectivity index (χ2n) is 5.41. The van der Waals surface area contributed by atoms with Gasteiger partial charge in [0.05, 0.1) is 11.6 Å². The summed E-state index contributed by atoms with van der Waals surface area (Å²) in [4.78, 5) is 14.9. The first kappa shape index (κ1) is 14.3. The monoisotopic (exact) mass is 303 g/mol. The standard InChI is InChI=1S/C15H21N5S/c1-4-16-13-9(2)14(20-15(19-13)11-5-6-11)18-8-12-7-17-10(3)21-12/h7,11H,4-6,8H2,1-3H3,(H2,16,18,19,20). The van der Waals surface area contributed by atoms with E-state index in [4.69, 9.17) is 4.98 Å². The molecule has 0 atom stereocenters. The Morgan fingerprint density at radius 1 is 1.19 bits per heavy atom. The maximum atomic E-state index is 4.72. The molecule has 3 rings (SSSR count). The Morgan fingerprint density at radius 2 is 1.90 bits per heavy atom. The molecule has 1 aliphatic rings. The lowest BCUT2D eigenvalue weighted by Crippen LogP contribution is -2.10. The highest BCUT2D eigenvalue weighted by Crippen LogP contribution is 2.39. The average molecular weight is 303 g/mol. The molecule has 1 aliphatic carbocycles. The lowest BCUT2D eigenvalue weighted by molar-refractivity contribution is 0.910. The van der Waals surface area contributed by atoms with Crippen molar-refractivity contribution >= 4 is 23.0 Å². The fourth-order valence-corrected chi connectivity index (χ4v) is 2.96. The predicted molar refractivity (Wildman–Crippen MR) is 87.1 cm³/mol. The SMILES string of the molecule is CCNc1nc(C2CC2)nc(NCc2cnc(C)s2)c1C. The molecule has 2 aromatic heterocycles. The number of thiazole rings is 1. The molecular weight excluding hydrogens is 282 g/mol. The van der Waals surface area contributed by atoms with Crippen molar-refractivity contribution in [1.82, 2.24) is 15.0 Å². The third-order valence-electron chi connectivity index (χ3n) is 3.55. The summed E-state index contributed by atoms with van der Waals surface area (Å²) in [5.74, 6) is 3.42. The van der Waals surface area contributed by atoms with Gasteiger partial charge in [0.1, 0.15) is 17.5 Å². The molecule has 0 aliphatic heterocycles. The first-order chi connectivity index (χ1) is 10.2. The molecule has 6 heteroatoms. The molecule has 0 aromatic carbocycles. The Morgan fingerprint density at radius 3 is 2.48 bits per heavy atom. The summed E-state index contributed by atoms with van der Waals surface area (Å²) in [7, 11) is 0. The summed E-state index contributed by atoms with van der Waals surface area (Å²) in [5.41, 5.74) is 1.09. The summed E-state index contributed by atoms with van der Waals surface area (Å²) in [5, 5.41) is 7.88. The number of aromatic nitrogens is 3. The average Bonchev–Trinajstić information content (AvgIpc) is 3.23. The lowest BCUT2D eigenvalue weighted by Gasteiger charge is -2.14. The van der Waals surface area contributed by atoms with Crippen LogP contribution in [-0.4, -0.2) is 21.5 Å². The van der Waals surface area contributed by atoms with Crippen LogP contribution in [0.4, 0.5) is 11.6 Å². The fraction of sp³-hybridized carbons (Fsp3) is 0.533. The van der Waals surface area contributed by atoms with Crippen molar-refractivity contribution in [2.45, 2.75) is 46.1 Å². The molecule has 0 unspecified atom stereocenters. The first-order valence-corrected chi connectivity index (χ1v) is 8.26. The maximum Gasteiger partial charge on any atom is 0.136 e. The lowest BCUT2D eigenvalue weighted by atomic mass is 10.2. The minimum atomic E-state index is 0.550. The molecule has 1 fully saturated rings. The second-order valence-corrected chi connectivity index (χ2v) is 6.73. The minimum Gasteiger partial charge on any atom is -0.370 e. The summed E-state index contributed by atoms with van der Waals surface area (Å²) in [6.45, 7) is 7.81. The van der Waals surface area contributed by atoms with Crippen LogP contribution in [0.2, 0.25) is 0 Å². The quantitative estimate of drug-likeness (QED) is 0.855. The van der Waals surface area contributed by atoms with Crippen molar-refractivity contribution in [2.75, 3.05) is 17.2 Å². The Balaban J connectivity index is 1.81. The van der Waals surface area contributed by atoms with Gasteiger partial charge in [-0.15, -0.1) is 11.3 Å². The van der Waals surface area contributed by atoms with E-state index >= 15 is 0 Å². The van der Waals surface area contributed by atoms with Crippen molar-refractivity contribution in [3.8, 4) is 0 Å². The van der Waals surface area contributed by atoms with Crippen molar-refractivity contribution in [3.63, 3.8) is 0 Å². The molecule has 2 heterocycles. The molecule has 21 heavy (non-hydrogen) atoms. The molecule has 0 spiro atoms. The summed E-state index contributed by atoms with van der Waals surface area (Å²) < 4.78 is 0. The Hall–Kier alpha value is -1.69. The smallest absolute Gasteiger partial charge is 0.136 e. The molecule has 2 N–H and O–H groups in total. The van der Waals surface area contributed by atoms with E-state index in [2.05, 4.69) is 34.4 Å². The van der Waals surface area contributed by atoms with Gasteiger partial charge >= 0.3 is 0 Å². The van der Waals surface area contributed by atoms with Crippen LogP contribution >= 0.6 is 11.3 Å². The minimum absolute atomic E-state index is 0.550. The second kappa shape index (κ2) is 5.97. The zero-order valence-corrected chi connectivity index (χ0v) is 13.5. The highest BCUT2D eigenvalue weighted by atomic mass is 32.1. The zero-order valence-electron chi connectivity index (χ0n) is 12.7. The van der Waals surface area contributed by atoms with Gasteiger partial charge in [-0.25, -0.2) is 15.0 Å². The molecular formula is C15H21N5S. The van der Waals surface area contributed by atoms with Crippen LogP contribution in [0.3, 0.4) is 0 Å². The number of rotatable bonds is 6. The van der Waals surface area contributed by atoms with E-state index in [0.717, 1.165) is 41.1 Å². The van der Waals surface area contributed by atoms with Crippen molar-refractivity contribution in [3.05, 3.63) is 27.5 Å². The topological polar surface area (TPSA) is 62.7 Å². The summed E-state index contributed by atoms with van der Waals surface area (Å²) in [6, 6.07) is 0. The van der Waals surface area contributed by atoms with Crippen molar-refractivity contribution < 1.29 is 0 Å². The molecule has 0 radical (unpaired) electrons. The molecule has 5 nitrogen and oxygen atoms in total. The van der Waals surface area contributed by atoms with Crippen LogP contribution in [0, 0.1) is 13.8 Å². The fourth-order valence-electron chi connectivity index (χ4n) is 2.23. The molecule has 0 amide bonds. The first-order valence-electron chi connectivity index (χ1n) is 7.45. The van der Waals surface area contributed by atoms with E-state index in [0.29, 0.717) is 5.92 Å². The number of nitrogens with one attached hydrogen (secondary N) is 2. The van der Waals surface area contributed by atoms with Crippen LogP contribution in [0.1, 0.15) is 47.0 Å². The Labute approximate surface area is 129 Å². The van der Waals surface area contributed by atoms with Gasteiger partial charge in [0.25, 0.3) is 0 Å². The van der Waals surface area contributed by atoms with E-state index in [1.54, 1.807) is 11.3 Å². The number of aryl methyl sites for hydroxylation is 1. The van der Waals surface area contributed by atoms with Crippen molar-refractivity contribution in [2.24, 2.45) is 0 Å². The van der Waals surface area contributed by atoms with Gasteiger partial charge in [0.2, 0.25) is 0 Å². The Kier molecular flexibility index (Phi) is 4.05.